The van der Waals surface area contributed by atoms with Crippen molar-refractivity contribution in [3.63, 3.8) is 0 Å². The van der Waals surface area contributed by atoms with Crippen LogP contribution in [0.1, 0.15) is 24.2 Å². The second-order valence-electron chi connectivity index (χ2n) is 5.71. The Balaban J connectivity index is 1.88. The van der Waals surface area contributed by atoms with Crippen molar-refractivity contribution < 1.29 is 9.47 Å². The number of ether oxygens (including phenoxy) is 2. The molecule has 2 aromatic rings. The predicted octanol–water partition coefficient (Wildman–Crippen LogP) is 4.86. The number of fused-ring (bicyclic) bond motifs is 3. The quantitative estimate of drug-likeness (QED) is 0.746. The monoisotopic (exact) mass is 334 g/mol. The van der Waals surface area contributed by atoms with Crippen LogP contribution in [0.25, 0.3) is 0 Å². The Kier molecular flexibility index (Phi) is 3.19. The highest BCUT2D eigenvalue weighted by Crippen LogP contribution is 2.77. The summed E-state index contributed by atoms with van der Waals surface area (Å²) in [5, 5.41) is 0. The number of alkyl halides is 2. The Morgan fingerprint density at radius 3 is 2.45 bits per heavy atom. The van der Waals surface area contributed by atoms with Crippen molar-refractivity contribution >= 4 is 23.2 Å². The Labute approximate surface area is 140 Å². The highest BCUT2D eigenvalue weighted by atomic mass is 35.5. The molecule has 4 rings (SSSR count). The molecule has 1 heterocycles. The lowest BCUT2D eigenvalue weighted by atomic mass is 9.95. The van der Waals surface area contributed by atoms with E-state index in [4.69, 9.17) is 32.7 Å². The molecule has 2 aliphatic rings. The van der Waals surface area contributed by atoms with Crippen LogP contribution in [0, 0.1) is 5.92 Å². The summed E-state index contributed by atoms with van der Waals surface area (Å²) in [6.45, 7) is 2.51. The van der Waals surface area contributed by atoms with Gasteiger partial charge in [0.25, 0.3) is 0 Å². The lowest BCUT2D eigenvalue weighted by Gasteiger charge is -2.31. The van der Waals surface area contributed by atoms with E-state index in [-0.39, 0.29) is 12.0 Å². The van der Waals surface area contributed by atoms with Crippen LogP contribution < -0.4 is 4.74 Å². The van der Waals surface area contributed by atoms with E-state index < -0.39 is 9.93 Å². The summed E-state index contributed by atoms with van der Waals surface area (Å²) in [5.74, 6) is 0.671. The van der Waals surface area contributed by atoms with Crippen LogP contribution in [0.2, 0.25) is 0 Å². The number of halogens is 2. The average molecular weight is 335 g/mol. The zero-order valence-electron chi connectivity index (χ0n) is 12.1. The second kappa shape index (κ2) is 4.89. The Morgan fingerprint density at radius 2 is 1.73 bits per heavy atom. The van der Waals surface area contributed by atoms with Gasteiger partial charge >= 0.3 is 0 Å². The zero-order valence-corrected chi connectivity index (χ0v) is 13.6. The van der Waals surface area contributed by atoms with Crippen molar-refractivity contribution in [3.8, 4) is 5.75 Å². The molecule has 1 aliphatic heterocycles. The van der Waals surface area contributed by atoms with Gasteiger partial charge in [0, 0.05) is 12.2 Å². The molecule has 0 radical (unpaired) electrons. The fourth-order valence-electron chi connectivity index (χ4n) is 3.63. The smallest absolute Gasteiger partial charge is 0.161 e. The SMILES string of the molecule is CCO[C@]12c3ccccc3O[C@H](c3ccccc3)[C@H]1C2(Cl)Cl. The fourth-order valence-corrected chi connectivity index (χ4v) is 4.61. The van der Waals surface area contributed by atoms with Gasteiger partial charge in [-0.15, -0.1) is 0 Å². The van der Waals surface area contributed by atoms with Gasteiger partial charge in [-0.3, -0.25) is 0 Å². The molecule has 3 atom stereocenters. The minimum Gasteiger partial charge on any atom is -0.485 e. The molecule has 2 nitrogen and oxygen atoms in total. The maximum absolute atomic E-state index is 6.68. The Morgan fingerprint density at radius 1 is 1.05 bits per heavy atom. The van der Waals surface area contributed by atoms with Crippen LogP contribution >= 0.6 is 23.2 Å². The molecule has 114 valence electrons. The first kappa shape index (κ1) is 14.4. The molecule has 0 saturated heterocycles. The third-order valence-electron chi connectivity index (χ3n) is 4.58. The van der Waals surface area contributed by atoms with Crippen molar-refractivity contribution in [1.29, 1.82) is 0 Å². The standard InChI is InChI=1S/C18H16Cl2O2/c1-2-21-17-13-10-6-7-11-14(13)22-15(16(17)18(17,19)20)12-8-4-3-5-9-12/h3-11,15-16H,2H2,1H3/t15-,16-,17-/m1/s1. The largest absolute Gasteiger partial charge is 0.485 e. The number of hydrogen-bond acceptors (Lipinski definition) is 2. The lowest BCUT2D eigenvalue weighted by molar-refractivity contribution is -0.0118. The highest BCUT2D eigenvalue weighted by molar-refractivity contribution is 6.52. The van der Waals surface area contributed by atoms with Crippen molar-refractivity contribution in [3.05, 3.63) is 65.7 Å². The van der Waals surface area contributed by atoms with Crippen molar-refractivity contribution in [2.45, 2.75) is 23.0 Å². The first-order chi connectivity index (χ1) is 10.6. The fraction of sp³-hybridized carbons (Fsp3) is 0.333. The molecule has 22 heavy (non-hydrogen) atoms. The van der Waals surface area contributed by atoms with Gasteiger partial charge in [-0.2, -0.15) is 0 Å². The van der Waals surface area contributed by atoms with Crippen LogP contribution in [0.4, 0.5) is 0 Å². The van der Waals surface area contributed by atoms with E-state index in [2.05, 4.69) is 0 Å². The lowest BCUT2D eigenvalue weighted by Crippen LogP contribution is -2.27. The minimum absolute atomic E-state index is 0.124. The second-order valence-corrected chi connectivity index (χ2v) is 7.10. The molecule has 0 amide bonds. The third kappa shape index (κ3) is 1.72. The van der Waals surface area contributed by atoms with E-state index in [0.29, 0.717) is 6.61 Å². The van der Waals surface area contributed by atoms with Gasteiger partial charge in [0.15, 0.2) is 4.33 Å². The van der Waals surface area contributed by atoms with Crippen LogP contribution in [-0.4, -0.2) is 10.9 Å². The Bertz CT molecular complexity index is 701. The molecule has 0 unspecified atom stereocenters. The number of para-hydroxylation sites is 1. The molecule has 1 aliphatic carbocycles. The van der Waals surface area contributed by atoms with Crippen molar-refractivity contribution in [2.24, 2.45) is 5.92 Å². The van der Waals surface area contributed by atoms with Crippen LogP contribution in [-0.2, 0) is 10.3 Å². The van der Waals surface area contributed by atoms with E-state index in [1.807, 2.05) is 61.5 Å². The van der Waals surface area contributed by atoms with Gasteiger partial charge < -0.3 is 9.47 Å². The van der Waals surface area contributed by atoms with Gasteiger partial charge in [0.2, 0.25) is 0 Å². The van der Waals surface area contributed by atoms with E-state index in [1.54, 1.807) is 0 Å². The van der Waals surface area contributed by atoms with Crippen LogP contribution in [0.15, 0.2) is 54.6 Å². The number of hydrogen-bond donors (Lipinski definition) is 0. The van der Waals surface area contributed by atoms with Crippen molar-refractivity contribution in [1.82, 2.24) is 0 Å². The van der Waals surface area contributed by atoms with E-state index >= 15 is 0 Å². The van der Waals surface area contributed by atoms with Crippen LogP contribution in [0.3, 0.4) is 0 Å². The maximum atomic E-state index is 6.68. The van der Waals surface area contributed by atoms with Gasteiger partial charge in [-0.25, -0.2) is 0 Å². The zero-order chi connectivity index (χ0) is 15.4. The molecule has 1 fully saturated rings. The number of rotatable bonds is 3. The molecular formula is C18H16Cl2O2. The third-order valence-corrected chi connectivity index (χ3v) is 5.62. The maximum Gasteiger partial charge on any atom is 0.161 e. The van der Waals surface area contributed by atoms with Crippen LogP contribution in [0.5, 0.6) is 5.75 Å². The molecule has 0 bridgehead atoms. The summed E-state index contributed by atoms with van der Waals surface area (Å²) < 4.78 is 11.3. The molecule has 0 aromatic heterocycles. The molecule has 4 heteroatoms. The van der Waals surface area contributed by atoms with Gasteiger partial charge in [-0.05, 0) is 18.6 Å². The summed E-state index contributed by atoms with van der Waals surface area (Å²) >= 11 is 13.4. The average Bonchev–Trinajstić information content (AvgIpc) is 3.05. The summed E-state index contributed by atoms with van der Waals surface area (Å²) in [7, 11) is 0. The van der Waals surface area contributed by atoms with E-state index in [1.165, 1.54) is 0 Å². The van der Waals surface area contributed by atoms with Crippen molar-refractivity contribution in [2.75, 3.05) is 6.61 Å². The minimum atomic E-state index is -0.990. The summed E-state index contributed by atoms with van der Waals surface area (Å²) in [6, 6.07) is 17.9. The number of benzene rings is 2. The molecule has 0 N–H and O–H groups in total. The normalized spacial score (nSPS) is 30.9. The van der Waals surface area contributed by atoms with Gasteiger partial charge in [0.05, 0.1) is 5.92 Å². The van der Waals surface area contributed by atoms with Gasteiger partial charge in [-0.1, -0.05) is 71.7 Å². The molecular weight excluding hydrogens is 319 g/mol. The first-order valence-corrected chi connectivity index (χ1v) is 8.21. The Hall–Kier alpha value is -1.22. The molecule has 1 saturated carbocycles. The first-order valence-electron chi connectivity index (χ1n) is 7.46. The predicted molar refractivity (Wildman–Crippen MR) is 87.5 cm³/mol. The summed E-state index contributed by atoms with van der Waals surface area (Å²) in [5.41, 5.74) is 1.31. The highest BCUT2D eigenvalue weighted by Gasteiger charge is 2.83. The summed E-state index contributed by atoms with van der Waals surface area (Å²) in [4.78, 5) is 0. The summed E-state index contributed by atoms with van der Waals surface area (Å²) in [6.07, 6.45) is -0.211. The van der Waals surface area contributed by atoms with Gasteiger partial charge in [0.1, 0.15) is 17.5 Å². The molecule has 0 spiro atoms. The van der Waals surface area contributed by atoms with E-state index in [9.17, 15) is 0 Å². The molecule has 2 aromatic carbocycles. The van der Waals surface area contributed by atoms with E-state index in [0.717, 1.165) is 16.9 Å². The topological polar surface area (TPSA) is 18.5 Å².